The van der Waals surface area contributed by atoms with Gasteiger partial charge in [0, 0.05) is 6.42 Å². The molecule has 0 amide bonds. The van der Waals surface area contributed by atoms with Gasteiger partial charge in [-0.2, -0.15) is 0 Å². The number of carbonyl (C=O) groups excluding carboxylic acids is 1. The van der Waals surface area contributed by atoms with E-state index in [1.807, 2.05) is 12.2 Å². The Morgan fingerprint density at radius 3 is 1.48 bits per heavy atom. The quantitative estimate of drug-likeness (QED) is 0.0181. The van der Waals surface area contributed by atoms with Crippen molar-refractivity contribution in [1.82, 2.24) is 0 Å². The standard InChI is InChI=1S/C46H83O9P/c1-3-5-7-9-11-13-15-17-19-21-23-25-27-29-31-33-35-37-39-52-42-45(43-54-56(50,51)53-41-44(48)40-47)55-46(49)38-36-34-32-30-28-26-24-22-20-18-16-14-12-10-8-6-4-2/h12,14,18,20,24,26,30,32,37,39,44-45,47-48H,3-11,13,15-17,19,21-23,25,27-29,31,33-36,38,40-43H2,1-2H3,(H,50,51)/b14-12-,20-18-,26-24-,32-30-,39-37-/t44-,45+/m0/s1. The number of esters is 1. The van der Waals surface area contributed by atoms with Crippen molar-refractivity contribution >= 4 is 13.8 Å². The Labute approximate surface area is 342 Å². The third kappa shape index (κ3) is 41.6. The van der Waals surface area contributed by atoms with Crippen LogP contribution in [0, 0.1) is 0 Å². The molecular weight excluding hydrogens is 727 g/mol. The number of allylic oxidation sites excluding steroid dienone is 9. The highest BCUT2D eigenvalue weighted by Gasteiger charge is 2.26. The Balaban J connectivity index is 4.30. The van der Waals surface area contributed by atoms with Gasteiger partial charge in [0.05, 0.1) is 26.1 Å². The summed E-state index contributed by atoms with van der Waals surface area (Å²) in [4.78, 5) is 22.5. The van der Waals surface area contributed by atoms with Crippen LogP contribution in [0.3, 0.4) is 0 Å². The summed E-state index contributed by atoms with van der Waals surface area (Å²) in [7, 11) is -4.55. The molecule has 0 spiro atoms. The number of unbranched alkanes of at least 4 members (excludes halogenated alkanes) is 20. The van der Waals surface area contributed by atoms with Gasteiger partial charge >= 0.3 is 13.8 Å². The van der Waals surface area contributed by atoms with Gasteiger partial charge in [-0.25, -0.2) is 4.57 Å². The minimum Gasteiger partial charge on any atom is -0.498 e. The number of rotatable bonds is 42. The predicted molar refractivity (Wildman–Crippen MR) is 232 cm³/mol. The number of aliphatic hydroxyl groups is 2. The predicted octanol–water partition coefficient (Wildman–Crippen LogP) is 12.7. The van der Waals surface area contributed by atoms with Crippen molar-refractivity contribution in [3.05, 3.63) is 60.9 Å². The average Bonchev–Trinajstić information content (AvgIpc) is 3.19. The SMILES string of the molecule is CCCCC/C=C\C/C=C\C/C=C\C/C=C\CCCC(=O)O[C@H](CO/C=C\CCCCCCCCCCCCCCCCCC)COP(=O)(O)OC[C@@H](O)CO. The fraction of sp³-hybridized carbons (Fsp3) is 0.761. The van der Waals surface area contributed by atoms with Crippen molar-refractivity contribution < 1.29 is 43.0 Å². The van der Waals surface area contributed by atoms with Gasteiger partial charge in [-0.1, -0.05) is 172 Å². The van der Waals surface area contributed by atoms with Gasteiger partial charge in [0.25, 0.3) is 0 Å². The molecule has 0 aliphatic rings. The van der Waals surface area contributed by atoms with Crippen LogP contribution in [0.2, 0.25) is 0 Å². The van der Waals surface area contributed by atoms with Crippen LogP contribution in [0.5, 0.6) is 0 Å². The van der Waals surface area contributed by atoms with Gasteiger partial charge in [0.15, 0.2) is 6.10 Å². The molecule has 3 atom stereocenters. The molecule has 0 aromatic carbocycles. The lowest BCUT2D eigenvalue weighted by atomic mass is 10.0. The molecule has 0 radical (unpaired) electrons. The Bertz CT molecular complexity index is 1060. The first-order valence-electron chi connectivity index (χ1n) is 22.3. The summed E-state index contributed by atoms with van der Waals surface area (Å²) in [6, 6.07) is 0. The summed E-state index contributed by atoms with van der Waals surface area (Å²) in [5, 5.41) is 18.3. The molecule has 0 fully saturated rings. The molecule has 0 aromatic heterocycles. The normalized spacial score (nSPS) is 14.5. The highest BCUT2D eigenvalue weighted by Crippen LogP contribution is 2.43. The van der Waals surface area contributed by atoms with Crippen LogP contribution >= 0.6 is 7.82 Å². The minimum absolute atomic E-state index is 0.0579. The first kappa shape index (κ1) is 54.0. The van der Waals surface area contributed by atoms with Gasteiger partial charge in [-0.05, 0) is 63.9 Å². The molecule has 1 unspecified atom stereocenters. The van der Waals surface area contributed by atoms with E-state index in [0.29, 0.717) is 6.42 Å². The highest BCUT2D eigenvalue weighted by molar-refractivity contribution is 7.47. The van der Waals surface area contributed by atoms with E-state index in [4.69, 9.17) is 23.6 Å². The lowest BCUT2D eigenvalue weighted by molar-refractivity contribution is -0.153. The van der Waals surface area contributed by atoms with E-state index >= 15 is 0 Å². The fourth-order valence-electron chi connectivity index (χ4n) is 5.84. The number of hydrogen-bond acceptors (Lipinski definition) is 8. The second kappa shape index (κ2) is 42.6. The van der Waals surface area contributed by atoms with E-state index in [-0.39, 0.29) is 13.0 Å². The molecule has 9 nitrogen and oxygen atoms in total. The van der Waals surface area contributed by atoms with Crippen molar-refractivity contribution in [2.75, 3.05) is 26.4 Å². The van der Waals surface area contributed by atoms with E-state index in [1.54, 1.807) is 6.26 Å². The van der Waals surface area contributed by atoms with Crippen LogP contribution < -0.4 is 0 Å². The molecule has 0 heterocycles. The Morgan fingerprint density at radius 1 is 0.554 bits per heavy atom. The topological polar surface area (TPSA) is 132 Å². The molecule has 0 saturated carbocycles. The zero-order valence-electron chi connectivity index (χ0n) is 35.6. The van der Waals surface area contributed by atoms with Crippen LogP contribution in [0.4, 0.5) is 0 Å². The zero-order valence-corrected chi connectivity index (χ0v) is 36.5. The maximum atomic E-state index is 12.6. The van der Waals surface area contributed by atoms with Crippen LogP contribution in [0.25, 0.3) is 0 Å². The summed E-state index contributed by atoms with van der Waals surface area (Å²) >= 11 is 0. The Morgan fingerprint density at radius 2 is 0.964 bits per heavy atom. The molecule has 326 valence electrons. The van der Waals surface area contributed by atoms with Crippen LogP contribution in [-0.4, -0.2) is 59.7 Å². The Kier molecular flexibility index (Phi) is 41.1. The number of phosphoric ester groups is 1. The number of aliphatic hydroxyl groups excluding tert-OH is 2. The average molecular weight is 811 g/mol. The van der Waals surface area contributed by atoms with Crippen LogP contribution in [0.15, 0.2) is 60.9 Å². The summed E-state index contributed by atoms with van der Waals surface area (Å²) in [5.74, 6) is -0.459. The Hall–Kier alpha value is -2.00. The minimum atomic E-state index is -4.55. The van der Waals surface area contributed by atoms with E-state index in [0.717, 1.165) is 38.5 Å². The lowest BCUT2D eigenvalue weighted by Gasteiger charge is -2.20. The van der Waals surface area contributed by atoms with Gasteiger partial charge in [0.2, 0.25) is 0 Å². The maximum absolute atomic E-state index is 12.6. The fourth-order valence-corrected chi connectivity index (χ4v) is 6.63. The van der Waals surface area contributed by atoms with Crippen LogP contribution in [-0.2, 0) is 27.9 Å². The number of phosphoric acid groups is 1. The number of hydrogen-bond donors (Lipinski definition) is 3. The number of ether oxygens (including phenoxy) is 2. The second-order valence-corrected chi connectivity index (χ2v) is 16.2. The molecular formula is C46H83O9P. The number of carbonyl (C=O) groups is 1. The summed E-state index contributed by atoms with van der Waals surface area (Å²) in [5.41, 5.74) is 0. The van der Waals surface area contributed by atoms with Crippen molar-refractivity contribution in [3.8, 4) is 0 Å². The van der Waals surface area contributed by atoms with Gasteiger partial charge in [-0.15, -0.1) is 0 Å². The van der Waals surface area contributed by atoms with E-state index in [2.05, 4.69) is 56.4 Å². The zero-order chi connectivity index (χ0) is 41.1. The largest absolute Gasteiger partial charge is 0.498 e. The molecule has 0 aromatic rings. The molecule has 10 heteroatoms. The summed E-state index contributed by atoms with van der Waals surface area (Å²) in [6.45, 7) is 2.80. The molecule has 0 aliphatic carbocycles. The van der Waals surface area contributed by atoms with Crippen molar-refractivity contribution in [1.29, 1.82) is 0 Å². The summed E-state index contributed by atoms with van der Waals surface area (Å²) in [6.07, 6.45) is 49.9. The molecule has 0 rings (SSSR count). The molecule has 0 aliphatic heterocycles. The van der Waals surface area contributed by atoms with E-state index in [9.17, 15) is 19.4 Å². The van der Waals surface area contributed by atoms with Gasteiger partial charge in [0.1, 0.15) is 12.7 Å². The van der Waals surface area contributed by atoms with E-state index < -0.39 is 45.8 Å². The second-order valence-electron chi connectivity index (χ2n) is 14.8. The van der Waals surface area contributed by atoms with Crippen molar-refractivity contribution in [2.24, 2.45) is 0 Å². The van der Waals surface area contributed by atoms with Crippen molar-refractivity contribution in [3.63, 3.8) is 0 Å². The molecule has 0 bridgehead atoms. The van der Waals surface area contributed by atoms with Crippen LogP contribution in [0.1, 0.15) is 187 Å². The molecule has 0 saturated heterocycles. The third-order valence-electron chi connectivity index (χ3n) is 9.27. The van der Waals surface area contributed by atoms with Gasteiger partial charge in [-0.3, -0.25) is 13.8 Å². The molecule has 3 N–H and O–H groups in total. The van der Waals surface area contributed by atoms with Gasteiger partial charge < -0.3 is 24.6 Å². The first-order valence-corrected chi connectivity index (χ1v) is 23.8. The lowest BCUT2D eigenvalue weighted by Crippen LogP contribution is -2.28. The maximum Gasteiger partial charge on any atom is 0.472 e. The first-order chi connectivity index (χ1) is 27.3. The monoisotopic (exact) mass is 811 g/mol. The molecule has 56 heavy (non-hydrogen) atoms. The smallest absolute Gasteiger partial charge is 0.472 e. The third-order valence-corrected chi connectivity index (χ3v) is 10.2. The van der Waals surface area contributed by atoms with Crippen molar-refractivity contribution in [2.45, 2.75) is 199 Å². The summed E-state index contributed by atoms with van der Waals surface area (Å²) < 4.78 is 33.1. The van der Waals surface area contributed by atoms with E-state index in [1.165, 1.54) is 122 Å². The highest BCUT2D eigenvalue weighted by atomic mass is 31.2.